The van der Waals surface area contributed by atoms with Crippen molar-refractivity contribution in [3.63, 3.8) is 0 Å². The Balaban J connectivity index is 1.31. The lowest BCUT2D eigenvalue weighted by atomic mass is 9.91. The minimum absolute atomic E-state index is 0.726. The molecule has 210 valence electrons. The molecule has 0 bridgehead atoms. The van der Waals surface area contributed by atoms with Gasteiger partial charge >= 0.3 is 0 Å². The Morgan fingerprint density at radius 1 is 0.356 bits per heavy atom. The van der Waals surface area contributed by atoms with E-state index in [4.69, 9.17) is 20.4 Å². The van der Waals surface area contributed by atoms with E-state index in [0.29, 0.717) is 0 Å². The minimum atomic E-state index is 0.726. The highest BCUT2D eigenvalue weighted by Crippen LogP contribution is 2.47. The zero-order chi connectivity index (χ0) is 29.6. The Bertz CT molecular complexity index is 2820. The summed E-state index contributed by atoms with van der Waals surface area (Å²) in [6, 6.07) is 48.9. The second-order valence-electron chi connectivity index (χ2n) is 11.7. The van der Waals surface area contributed by atoms with Crippen molar-refractivity contribution in [2.75, 3.05) is 0 Å². The molecular formula is C42H23ClO2. The maximum atomic E-state index is 6.86. The molecule has 0 saturated heterocycles. The molecule has 0 aliphatic rings. The first-order chi connectivity index (χ1) is 22.2. The van der Waals surface area contributed by atoms with Crippen LogP contribution in [0.25, 0.3) is 98.4 Å². The Morgan fingerprint density at radius 3 is 1.78 bits per heavy atom. The summed E-state index contributed by atoms with van der Waals surface area (Å²) in [7, 11) is 0. The van der Waals surface area contributed by atoms with Gasteiger partial charge in [-0.3, -0.25) is 0 Å². The third kappa shape index (κ3) is 3.52. The summed E-state index contributed by atoms with van der Waals surface area (Å²) in [4.78, 5) is 0. The number of halogens is 1. The molecule has 0 saturated carbocycles. The van der Waals surface area contributed by atoms with Gasteiger partial charge in [0.05, 0.1) is 0 Å². The van der Waals surface area contributed by atoms with Crippen LogP contribution in [-0.4, -0.2) is 0 Å². The van der Waals surface area contributed by atoms with Crippen molar-refractivity contribution >= 4 is 87.8 Å². The molecule has 10 rings (SSSR count). The van der Waals surface area contributed by atoms with E-state index < -0.39 is 0 Å². The second kappa shape index (κ2) is 9.22. The smallest absolute Gasteiger partial charge is 0.143 e. The van der Waals surface area contributed by atoms with E-state index in [1.807, 2.05) is 24.3 Å². The summed E-state index contributed by atoms with van der Waals surface area (Å²) in [5, 5.41) is 12.2. The topological polar surface area (TPSA) is 26.3 Å². The van der Waals surface area contributed by atoms with Gasteiger partial charge in [-0.05, 0) is 80.2 Å². The highest BCUT2D eigenvalue weighted by atomic mass is 35.5. The van der Waals surface area contributed by atoms with Crippen LogP contribution in [0.3, 0.4) is 0 Å². The Labute approximate surface area is 262 Å². The Kier molecular flexibility index (Phi) is 5.09. The van der Waals surface area contributed by atoms with E-state index in [1.54, 1.807) is 0 Å². The molecule has 10 aromatic rings. The first kappa shape index (κ1) is 24.8. The van der Waals surface area contributed by atoms with Crippen molar-refractivity contribution in [2.45, 2.75) is 0 Å². The third-order valence-corrected chi connectivity index (χ3v) is 9.57. The molecule has 0 unspecified atom stereocenters. The Hall–Kier alpha value is -5.57. The lowest BCUT2D eigenvalue weighted by Gasteiger charge is -2.10. The molecule has 0 N–H and O–H groups in total. The quantitative estimate of drug-likeness (QED) is 0.186. The predicted molar refractivity (Wildman–Crippen MR) is 189 cm³/mol. The number of fused-ring (bicyclic) bond motifs is 13. The van der Waals surface area contributed by atoms with Crippen LogP contribution >= 0.6 is 11.6 Å². The summed E-state index contributed by atoms with van der Waals surface area (Å²) >= 11 is 6.16. The number of hydrogen-bond acceptors (Lipinski definition) is 2. The summed E-state index contributed by atoms with van der Waals surface area (Å²) < 4.78 is 13.4. The zero-order valence-corrected chi connectivity index (χ0v) is 24.7. The summed E-state index contributed by atoms with van der Waals surface area (Å²) in [5.74, 6) is 0. The van der Waals surface area contributed by atoms with Crippen molar-refractivity contribution < 1.29 is 8.83 Å². The van der Waals surface area contributed by atoms with Crippen LogP contribution in [0.4, 0.5) is 0 Å². The number of benzene rings is 8. The van der Waals surface area contributed by atoms with Gasteiger partial charge < -0.3 is 8.83 Å². The highest BCUT2D eigenvalue weighted by molar-refractivity contribution is 6.33. The molecule has 2 heterocycles. The molecule has 8 aromatic carbocycles. The van der Waals surface area contributed by atoms with Gasteiger partial charge in [0.2, 0.25) is 0 Å². The standard InChI is InChI=1S/C42H23ClO2/c43-26-19-16-24(17-20-26)25-18-21-34-38(22-25)44-37-15-7-14-31(39(34)37)35-23-36-40-30-11-4-1-8-27(30)28-9-2-6-13-33(28)42(40)45-41(36)32-12-5-3-10-29(32)35/h1-23H. The van der Waals surface area contributed by atoms with Crippen LogP contribution < -0.4 is 0 Å². The number of hydrogen-bond donors (Lipinski definition) is 0. The van der Waals surface area contributed by atoms with Gasteiger partial charge in [-0.1, -0.05) is 115 Å². The van der Waals surface area contributed by atoms with Crippen LogP contribution in [0, 0.1) is 0 Å². The molecule has 0 fully saturated rings. The minimum Gasteiger partial charge on any atom is -0.456 e. The van der Waals surface area contributed by atoms with Gasteiger partial charge in [-0.2, -0.15) is 0 Å². The fourth-order valence-electron chi connectivity index (χ4n) is 7.32. The molecule has 2 nitrogen and oxygen atoms in total. The summed E-state index contributed by atoms with van der Waals surface area (Å²) in [6.07, 6.45) is 0. The normalized spacial score (nSPS) is 12.1. The van der Waals surface area contributed by atoms with Gasteiger partial charge in [0.1, 0.15) is 22.3 Å². The lowest BCUT2D eigenvalue weighted by Crippen LogP contribution is -1.85. The van der Waals surface area contributed by atoms with Gasteiger partial charge in [-0.15, -0.1) is 0 Å². The van der Waals surface area contributed by atoms with Crippen molar-refractivity contribution in [1.82, 2.24) is 0 Å². The predicted octanol–water partition coefficient (Wildman–Crippen LogP) is 12.9. The number of rotatable bonds is 2. The lowest BCUT2D eigenvalue weighted by molar-refractivity contribution is 0.669. The van der Waals surface area contributed by atoms with Crippen molar-refractivity contribution in [3.8, 4) is 22.3 Å². The first-order valence-corrected chi connectivity index (χ1v) is 15.5. The van der Waals surface area contributed by atoms with E-state index in [9.17, 15) is 0 Å². The van der Waals surface area contributed by atoms with E-state index >= 15 is 0 Å². The number of furan rings is 2. The first-order valence-electron chi connectivity index (χ1n) is 15.1. The summed E-state index contributed by atoms with van der Waals surface area (Å²) in [5.41, 5.74) is 8.08. The largest absolute Gasteiger partial charge is 0.456 e. The molecule has 2 aromatic heterocycles. The SMILES string of the molecule is Clc1ccc(-c2ccc3c(c2)oc2cccc(-c4cc5c(oc6c7ccccc7c7ccccc7c56)c5ccccc45)c23)cc1. The third-order valence-electron chi connectivity index (χ3n) is 9.32. The average Bonchev–Trinajstić information content (AvgIpc) is 3.67. The Morgan fingerprint density at radius 2 is 1.00 bits per heavy atom. The average molecular weight is 595 g/mol. The fraction of sp³-hybridized carbons (Fsp3) is 0. The fourth-order valence-corrected chi connectivity index (χ4v) is 7.45. The zero-order valence-electron chi connectivity index (χ0n) is 24.0. The summed E-state index contributed by atoms with van der Waals surface area (Å²) in [6.45, 7) is 0. The molecule has 0 spiro atoms. The van der Waals surface area contributed by atoms with Crippen molar-refractivity contribution in [2.24, 2.45) is 0 Å². The van der Waals surface area contributed by atoms with Crippen LogP contribution in [0.1, 0.15) is 0 Å². The maximum Gasteiger partial charge on any atom is 0.143 e. The molecule has 0 amide bonds. The molecule has 0 aliphatic heterocycles. The molecule has 3 heteroatoms. The van der Waals surface area contributed by atoms with Gasteiger partial charge in [-0.25, -0.2) is 0 Å². The van der Waals surface area contributed by atoms with E-state index in [0.717, 1.165) is 87.3 Å². The van der Waals surface area contributed by atoms with Crippen molar-refractivity contribution in [1.29, 1.82) is 0 Å². The monoisotopic (exact) mass is 594 g/mol. The van der Waals surface area contributed by atoms with E-state index in [2.05, 4.69) is 115 Å². The van der Waals surface area contributed by atoms with Crippen LogP contribution in [-0.2, 0) is 0 Å². The molecule has 45 heavy (non-hydrogen) atoms. The second-order valence-corrected chi connectivity index (χ2v) is 12.2. The van der Waals surface area contributed by atoms with Gasteiger partial charge in [0, 0.05) is 37.3 Å². The molecule has 0 atom stereocenters. The van der Waals surface area contributed by atoms with Crippen molar-refractivity contribution in [3.05, 3.63) is 145 Å². The molecule has 0 aliphatic carbocycles. The highest BCUT2D eigenvalue weighted by Gasteiger charge is 2.21. The van der Waals surface area contributed by atoms with Crippen LogP contribution in [0.2, 0.25) is 5.02 Å². The molecular weight excluding hydrogens is 572 g/mol. The van der Waals surface area contributed by atoms with E-state index in [1.165, 1.54) is 16.2 Å². The molecule has 0 radical (unpaired) electrons. The van der Waals surface area contributed by atoms with Crippen LogP contribution in [0.15, 0.2) is 148 Å². The van der Waals surface area contributed by atoms with Crippen LogP contribution in [0.5, 0.6) is 0 Å². The van der Waals surface area contributed by atoms with Gasteiger partial charge in [0.25, 0.3) is 0 Å². The van der Waals surface area contributed by atoms with Gasteiger partial charge in [0.15, 0.2) is 0 Å². The van der Waals surface area contributed by atoms with E-state index in [-0.39, 0.29) is 0 Å². The maximum absolute atomic E-state index is 6.86.